The molecule has 1 saturated heterocycles. The van der Waals surface area contributed by atoms with Gasteiger partial charge >= 0.3 is 11.9 Å². The average molecular weight is 415 g/mol. The number of hydrogen-bond donors (Lipinski definition) is 0. The molecule has 0 aromatic heterocycles. The molecule has 2 aliphatic heterocycles. The van der Waals surface area contributed by atoms with Gasteiger partial charge in [-0.25, -0.2) is 9.59 Å². The number of esters is 2. The van der Waals surface area contributed by atoms with E-state index in [0.29, 0.717) is 30.2 Å². The summed E-state index contributed by atoms with van der Waals surface area (Å²) in [6, 6.07) is 6.82. The molecule has 1 aromatic rings. The van der Waals surface area contributed by atoms with Crippen molar-refractivity contribution in [1.82, 2.24) is 4.90 Å². The molecule has 30 heavy (non-hydrogen) atoms. The quantitative estimate of drug-likeness (QED) is 0.497. The molecular formula is C22H25NO7. The Balaban J connectivity index is 1.83. The van der Waals surface area contributed by atoms with Crippen LogP contribution < -0.4 is 4.74 Å². The molecule has 0 aliphatic carbocycles. The maximum absolute atomic E-state index is 13.1. The van der Waals surface area contributed by atoms with E-state index in [1.54, 1.807) is 42.2 Å². The number of carbonyl (C=O) groups is 3. The number of ether oxygens (including phenoxy) is 4. The van der Waals surface area contributed by atoms with Crippen molar-refractivity contribution >= 4 is 23.9 Å². The molecule has 160 valence electrons. The number of methoxy groups -OCH3 is 2. The van der Waals surface area contributed by atoms with Crippen molar-refractivity contribution in [2.45, 2.75) is 25.9 Å². The molecule has 0 spiro atoms. The Morgan fingerprint density at radius 3 is 2.53 bits per heavy atom. The van der Waals surface area contributed by atoms with Crippen molar-refractivity contribution in [2.75, 3.05) is 34.0 Å². The Bertz CT molecular complexity index is 879. The number of allylic oxidation sites excluding steroid dienone is 1. The fourth-order valence-electron chi connectivity index (χ4n) is 3.47. The zero-order valence-electron chi connectivity index (χ0n) is 17.3. The number of amides is 1. The van der Waals surface area contributed by atoms with Gasteiger partial charge in [0.2, 0.25) is 0 Å². The molecule has 0 N–H and O–H groups in total. The van der Waals surface area contributed by atoms with Crippen LogP contribution in [0.15, 0.2) is 41.1 Å². The van der Waals surface area contributed by atoms with Crippen LogP contribution in [0, 0.1) is 0 Å². The van der Waals surface area contributed by atoms with Gasteiger partial charge in [-0.15, -0.1) is 0 Å². The lowest BCUT2D eigenvalue weighted by molar-refractivity contribution is -0.143. The summed E-state index contributed by atoms with van der Waals surface area (Å²) in [4.78, 5) is 38.2. The smallest absolute Gasteiger partial charge is 0.343 e. The third-order valence-corrected chi connectivity index (χ3v) is 5.09. The van der Waals surface area contributed by atoms with Gasteiger partial charge in [0, 0.05) is 12.3 Å². The minimum Gasteiger partial charge on any atom is -0.482 e. The Kier molecular flexibility index (Phi) is 6.89. The first-order chi connectivity index (χ1) is 14.4. The molecule has 1 fully saturated rings. The third-order valence-electron chi connectivity index (χ3n) is 5.09. The molecule has 8 heteroatoms. The number of nitrogens with zero attached hydrogens (tertiary/aromatic N) is 1. The summed E-state index contributed by atoms with van der Waals surface area (Å²) in [5, 5.41) is 0. The van der Waals surface area contributed by atoms with Crippen molar-refractivity contribution in [3.05, 3.63) is 46.7 Å². The lowest BCUT2D eigenvalue weighted by atomic mass is 10.0. The Labute approximate surface area is 175 Å². The number of benzene rings is 1. The van der Waals surface area contributed by atoms with E-state index in [9.17, 15) is 14.4 Å². The summed E-state index contributed by atoms with van der Waals surface area (Å²) >= 11 is 0. The van der Waals surface area contributed by atoms with Crippen molar-refractivity contribution in [2.24, 2.45) is 0 Å². The first kappa shape index (κ1) is 21.6. The van der Waals surface area contributed by atoms with Gasteiger partial charge in [0.1, 0.15) is 5.75 Å². The van der Waals surface area contributed by atoms with Gasteiger partial charge in [0.15, 0.2) is 6.61 Å². The van der Waals surface area contributed by atoms with Gasteiger partial charge < -0.3 is 23.8 Å². The summed E-state index contributed by atoms with van der Waals surface area (Å²) in [6.07, 6.45) is 3.47. The largest absolute Gasteiger partial charge is 0.482 e. The SMILES string of the molecule is COC(=O)COc1ccc(/C=C2\C(=O)N(C[C@@H]3CCCO3)C(C)=C2C(=O)OC)cc1. The van der Waals surface area contributed by atoms with Gasteiger partial charge in [-0.05, 0) is 43.5 Å². The van der Waals surface area contributed by atoms with Crippen LogP contribution in [0.4, 0.5) is 0 Å². The standard InChI is InChI=1S/C22H25NO7/c1-14-20(22(26)28-3)18(21(25)23(14)12-17-5-4-10-29-17)11-15-6-8-16(9-7-15)30-13-19(24)27-2/h6-9,11,17H,4-5,10,12-13H2,1-3H3/b18-11-/t17-/m0/s1. The maximum Gasteiger partial charge on any atom is 0.343 e. The second kappa shape index (κ2) is 9.58. The zero-order chi connectivity index (χ0) is 21.7. The number of rotatable bonds is 7. The second-order valence-corrected chi connectivity index (χ2v) is 6.99. The minimum atomic E-state index is -0.556. The van der Waals surface area contributed by atoms with Crippen LogP contribution in [0.1, 0.15) is 25.3 Å². The second-order valence-electron chi connectivity index (χ2n) is 6.99. The van der Waals surface area contributed by atoms with E-state index in [2.05, 4.69) is 4.74 Å². The van der Waals surface area contributed by atoms with Gasteiger partial charge in [-0.2, -0.15) is 0 Å². The summed E-state index contributed by atoms with van der Waals surface area (Å²) in [5.74, 6) is -0.804. The number of carbonyl (C=O) groups excluding carboxylic acids is 3. The normalized spacial score (nSPS) is 20.1. The Hall–Kier alpha value is -3.13. The number of hydrogen-bond acceptors (Lipinski definition) is 7. The fraction of sp³-hybridized carbons (Fsp3) is 0.409. The summed E-state index contributed by atoms with van der Waals surface area (Å²) in [7, 11) is 2.58. The van der Waals surface area contributed by atoms with Crippen LogP contribution in [0.25, 0.3) is 6.08 Å². The van der Waals surface area contributed by atoms with Gasteiger partial charge in [0.05, 0.1) is 38.0 Å². The summed E-state index contributed by atoms with van der Waals surface area (Å²) in [6.45, 7) is 2.64. The monoisotopic (exact) mass is 415 g/mol. The summed E-state index contributed by atoms with van der Waals surface area (Å²) in [5.41, 5.74) is 1.80. The predicted octanol–water partition coefficient (Wildman–Crippen LogP) is 2.09. The molecule has 0 bridgehead atoms. The zero-order valence-corrected chi connectivity index (χ0v) is 17.3. The molecule has 0 saturated carbocycles. The van der Waals surface area contributed by atoms with E-state index in [-0.39, 0.29) is 29.8 Å². The van der Waals surface area contributed by atoms with Crippen molar-refractivity contribution < 1.29 is 33.3 Å². The molecule has 8 nitrogen and oxygen atoms in total. The average Bonchev–Trinajstić information content (AvgIpc) is 3.35. The first-order valence-electron chi connectivity index (χ1n) is 9.69. The van der Waals surface area contributed by atoms with E-state index in [0.717, 1.165) is 12.8 Å². The van der Waals surface area contributed by atoms with Crippen LogP contribution in [0.5, 0.6) is 5.75 Å². The fourth-order valence-corrected chi connectivity index (χ4v) is 3.47. The summed E-state index contributed by atoms with van der Waals surface area (Å²) < 4.78 is 20.4. The topological polar surface area (TPSA) is 91.4 Å². The van der Waals surface area contributed by atoms with Crippen LogP contribution in [0.3, 0.4) is 0 Å². The molecule has 0 unspecified atom stereocenters. The van der Waals surface area contributed by atoms with Gasteiger partial charge in [-0.3, -0.25) is 4.79 Å². The lowest BCUT2D eigenvalue weighted by Gasteiger charge is -2.21. The molecule has 2 heterocycles. The Morgan fingerprint density at radius 1 is 1.20 bits per heavy atom. The molecule has 0 radical (unpaired) electrons. The third kappa shape index (κ3) is 4.71. The molecule has 3 rings (SSSR count). The molecule has 2 aliphatic rings. The minimum absolute atomic E-state index is 0.0339. The van der Waals surface area contributed by atoms with Crippen LogP contribution in [-0.4, -0.2) is 62.8 Å². The molecule has 1 aromatic carbocycles. The lowest BCUT2D eigenvalue weighted by Crippen LogP contribution is -2.33. The van der Waals surface area contributed by atoms with Crippen molar-refractivity contribution in [3.8, 4) is 5.75 Å². The van der Waals surface area contributed by atoms with Gasteiger partial charge in [0.25, 0.3) is 5.91 Å². The van der Waals surface area contributed by atoms with Crippen molar-refractivity contribution in [1.29, 1.82) is 0 Å². The highest BCUT2D eigenvalue weighted by Crippen LogP contribution is 2.33. The van der Waals surface area contributed by atoms with E-state index < -0.39 is 11.9 Å². The van der Waals surface area contributed by atoms with E-state index in [1.165, 1.54) is 14.2 Å². The highest BCUT2D eigenvalue weighted by Gasteiger charge is 2.38. The van der Waals surface area contributed by atoms with E-state index in [4.69, 9.17) is 14.2 Å². The Morgan fingerprint density at radius 2 is 1.93 bits per heavy atom. The highest BCUT2D eigenvalue weighted by molar-refractivity contribution is 6.16. The molecule has 1 amide bonds. The van der Waals surface area contributed by atoms with E-state index >= 15 is 0 Å². The maximum atomic E-state index is 13.1. The van der Waals surface area contributed by atoms with Crippen LogP contribution in [-0.2, 0) is 28.6 Å². The van der Waals surface area contributed by atoms with Crippen molar-refractivity contribution in [3.63, 3.8) is 0 Å². The van der Waals surface area contributed by atoms with Crippen LogP contribution in [0.2, 0.25) is 0 Å². The van der Waals surface area contributed by atoms with E-state index in [1.807, 2.05) is 0 Å². The predicted molar refractivity (Wildman–Crippen MR) is 107 cm³/mol. The van der Waals surface area contributed by atoms with Crippen LogP contribution >= 0.6 is 0 Å². The molecular weight excluding hydrogens is 390 g/mol. The molecule has 1 atom stereocenters. The van der Waals surface area contributed by atoms with Gasteiger partial charge in [-0.1, -0.05) is 12.1 Å². The first-order valence-corrected chi connectivity index (χ1v) is 9.69. The highest BCUT2D eigenvalue weighted by atomic mass is 16.6.